The van der Waals surface area contributed by atoms with Crippen molar-refractivity contribution in [2.24, 2.45) is 0 Å². The maximum atomic E-state index is 4.64. The van der Waals surface area contributed by atoms with Crippen molar-refractivity contribution in [3.8, 4) is 33.4 Å². The third-order valence-electron chi connectivity index (χ3n) is 6.90. The van der Waals surface area contributed by atoms with Crippen molar-refractivity contribution < 1.29 is 0 Å². The number of hydrogen-bond donors (Lipinski definition) is 0. The summed E-state index contributed by atoms with van der Waals surface area (Å²) in [4.78, 5) is 13.3. The molecule has 2 aromatic heterocycles. The van der Waals surface area contributed by atoms with Crippen LogP contribution in [0, 0.1) is 0 Å². The molecule has 0 aliphatic carbocycles. The largest absolute Gasteiger partial charge is 0.256 e. The molecule has 0 saturated heterocycles. The minimum Gasteiger partial charge on any atom is -0.256 e. The Bertz CT molecular complexity index is 1870. The molecule has 3 heteroatoms. The Morgan fingerprint density at radius 2 is 1.11 bits per heavy atom. The Morgan fingerprint density at radius 1 is 0.444 bits per heavy atom. The number of fused-ring (bicyclic) bond motifs is 3. The molecule has 7 rings (SSSR count). The normalized spacial score (nSPS) is 11.3. The predicted octanol–water partition coefficient (Wildman–Crippen LogP) is 8.33. The van der Waals surface area contributed by atoms with E-state index in [1.54, 1.807) is 6.33 Å². The van der Waals surface area contributed by atoms with E-state index in [0.717, 1.165) is 22.0 Å². The zero-order valence-corrected chi connectivity index (χ0v) is 19.5. The quantitative estimate of drug-likeness (QED) is 0.249. The van der Waals surface area contributed by atoms with Gasteiger partial charge in [0.05, 0.1) is 5.52 Å². The summed E-state index contributed by atoms with van der Waals surface area (Å²) in [7, 11) is 0. The van der Waals surface area contributed by atoms with Gasteiger partial charge in [0.25, 0.3) is 0 Å². The number of hydrogen-bond acceptors (Lipinski definition) is 3. The van der Waals surface area contributed by atoms with Crippen molar-refractivity contribution in [1.82, 2.24) is 15.0 Å². The van der Waals surface area contributed by atoms with Gasteiger partial charge in [-0.25, -0.2) is 9.97 Å². The van der Waals surface area contributed by atoms with Crippen LogP contribution in [0.15, 0.2) is 128 Å². The summed E-state index contributed by atoms with van der Waals surface area (Å²) < 4.78 is 0. The maximum absolute atomic E-state index is 4.64. The first kappa shape index (κ1) is 20.5. The second-order valence-electron chi connectivity index (χ2n) is 8.92. The van der Waals surface area contributed by atoms with Crippen LogP contribution in [0.4, 0.5) is 0 Å². The van der Waals surface area contributed by atoms with E-state index in [-0.39, 0.29) is 0 Å². The summed E-state index contributed by atoms with van der Waals surface area (Å²) in [6.45, 7) is 0. The monoisotopic (exact) mass is 459 g/mol. The molecule has 0 aliphatic heterocycles. The highest BCUT2D eigenvalue weighted by atomic mass is 14.8. The van der Waals surface area contributed by atoms with E-state index in [1.165, 1.54) is 43.8 Å². The van der Waals surface area contributed by atoms with Crippen LogP contribution in [-0.4, -0.2) is 15.0 Å². The molecule has 0 N–H and O–H groups in total. The lowest BCUT2D eigenvalue weighted by molar-refractivity contribution is 1.17. The number of nitrogens with zero attached hydrogens (tertiary/aromatic N) is 3. The Labute approximate surface area is 208 Å². The first-order valence-electron chi connectivity index (χ1n) is 12.0. The van der Waals surface area contributed by atoms with Crippen LogP contribution in [-0.2, 0) is 0 Å². The molecule has 0 unspecified atom stereocenters. The molecule has 36 heavy (non-hydrogen) atoms. The van der Waals surface area contributed by atoms with Crippen molar-refractivity contribution in [1.29, 1.82) is 0 Å². The van der Waals surface area contributed by atoms with Crippen LogP contribution < -0.4 is 0 Å². The van der Waals surface area contributed by atoms with E-state index in [1.807, 2.05) is 24.7 Å². The highest BCUT2D eigenvalue weighted by molar-refractivity contribution is 6.23. The van der Waals surface area contributed by atoms with Gasteiger partial charge in [-0.3, -0.25) is 4.98 Å². The number of benzene rings is 5. The van der Waals surface area contributed by atoms with E-state index >= 15 is 0 Å². The highest BCUT2D eigenvalue weighted by Gasteiger charge is 2.19. The van der Waals surface area contributed by atoms with Gasteiger partial charge < -0.3 is 0 Å². The Morgan fingerprint density at radius 3 is 1.92 bits per heavy atom. The highest BCUT2D eigenvalue weighted by Crippen LogP contribution is 2.45. The molecule has 3 nitrogen and oxygen atoms in total. The number of rotatable bonds is 3. The van der Waals surface area contributed by atoms with E-state index in [2.05, 4.69) is 112 Å². The first-order valence-corrected chi connectivity index (χ1v) is 12.0. The zero-order chi connectivity index (χ0) is 23.9. The van der Waals surface area contributed by atoms with Crippen LogP contribution in [0.1, 0.15) is 0 Å². The predicted molar refractivity (Wildman–Crippen MR) is 149 cm³/mol. The summed E-state index contributed by atoms with van der Waals surface area (Å²) in [5.74, 6) is 0. The second kappa shape index (κ2) is 8.40. The van der Waals surface area contributed by atoms with Gasteiger partial charge in [0.2, 0.25) is 0 Å². The molecular weight excluding hydrogens is 438 g/mol. The molecule has 0 saturated carbocycles. The molecule has 0 amide bonds. The lowest BCUT2D eigenvalue weighted by Gasteiger charge is -2.19. The lowest BCUT2D eigenvalue weighted by Crippen LogP contribution is -1.93. The first-order chi connectivity index (χ1) is 17.9. The molecule has 5 aromatic carbocycles. The topological polar surface area (TPSA) is 38.7 Å². The molecule has 0 radical (unpaired) electrons. The molecule has 0 bridgehead atoms. The van der Waals surface area contributed by atoms with Crippen molar-refractivity contribution >= 4 is 32.4 Å². The van der Waals surface area contributed by atoms with Crippen LogP contribution in [0.3, 0.4) is 0 Å². The van der Waals surface area contributed by atoms with Crippen LogP contribution >= 0.6 is 0 Å². The summed E-state index contributed by atoms with van der Waals surface area (Å²) in [5.41, 5.74) is 7.95. The minimum atomic E-state index is 0.993. The van der Waals surface area contributed by atoms with Gasteiger partial charge in [-0.1, -0.05) is 84.9 Å². The fourth-order valence-electron chi connectivity index (χ4n) is 5.33. The molecule has 0 fully saturated rings. The molecule has 2 heterocycles. The van der Waals surface area contributed by atoms with Crippen LogP contribution in [0.2, 0.25) is 0 Å². The average molecular weight is 460 g/mol. The fourth-order valence-corrected chi connectivity index (χ4v) is 5.33. The summed E-state index contributed by atoms with van der Waals surface area (Å²) in [5, 5.41) is 5.91. The number of para-hydroxylation sites is 1. The fraction of sp³-hybridized carbons (Fsp3) is 0. The third-order valence-corrected chi connectivity index (χ3v) is 6.90. The Balaban J connectivity index is 1.69. The van der Waals surface area contributed by atoms with Crippen molar-refractivity contribution in [3.63, 3.8) is 0 Å². The second-order valence-corrected chi connectivity index (χ2v) is 8.92. The third kappa shape index (κ3) is 3.25. The molecule has 0 spiro atoms. The van der Waals surface area contributed by atoms with E-state index in [9.17, 15) is 0 Å². The lowest BCUT2D eigenvalue weighted by atomic mass is 9.84. The van der Waals surface area contributed by atoms with Gasteiger partial charge >= 0.3 is 0 Å². The molecule has 7 aromatic rings. The van der Waals surface area contributed by atoms with Crippen molar-refractivity contribution in [3.05, 3.63) is 128 Å². The molecule has 0 atom stereocenters. The number of pyridine rings is 1. The van der Waals surface area contributed by atoms with E-state index < -0.39 is 0 Å². The van der Waals surface area contributed by atoms with Crippen LogP contribution in [0.25, 0.3) is 65.8 Å². The van der Waals surface area contributed by atoms with E-state index in [0.29, 0.717) is 0 Å². The van der Waals surface area contributed by atoms with Crippen molar-refractivity contribution in [2.75, 3.05) is 0 Å². The van der Waals surface area contributed by atoms with Gasteiger partial charge in [-0.2, -0.15) is 0 Å². The summed E-state index contributed by atoms with van der Waals surface area (Å²) in [6.07, 6.45) is 7.30. The van der Waals surface area contributed by atoms with Crippen molar-refractivity contribution in [2.45, 2.75) is 0 Å². The van der Waals surface area contributed by atoms with Gasteiger partial charge in [-0.15, -0.1) is 0 Å². The summed E-state index contributed by atoms with van der Waals surface area (Å²) in [6, 6.07) is 36.5. The summed E-state index contributed by atoms with van der Waals surface area (Å²) >= 11 is 0. The van der Waals surface area contributed by atoms with Crippen LogP contribution in [0.5, 0.6) is 0 Å². The average Bonchev–Trinajstić information content (AvgIpc) is 2.96. The molecular formula is C33H21N3. The SMILES string of the molecule is c1ccc(-c2ccc3c(-c4cncnc4)c4ccccc4c(-c4ccnc5ccccc45)c3c2)cc1. The Kier molecular flexibility index (Phi) is 4.78. The van der Waals surface area contributed by atoms with Gasteiger partial charge in [0.1, 0.15) is 6.33 Å². The minimum absolute atomic E-state index is 0.993. The zero-order valence-electron chi connectivity index (χ0n) is 19.5. The molecule has 0 aliphatic rings. The Hall–Kier alpha value is -4.89. The standard InChI is InChI=1S/C33H21N3/c1-2-8-22(9-3-1)23-14-15-28-30(18-23)33(29-16-17-36-31-13-7-6-10-25(29)31)27-12-5-4-11-26(27)32(28)24-19-34-21-35-20-24/h1-21H. The van der Waals surface area contributed by atoms with E-state index in [4.69, 9.17) is 0 Å². The maximum Gasteiger partial charge on any atom is 0.115 e. The smallest absolute Gasteiger partial charge is 0.115 e. The molecule has 168 valence electrons. The van der Waals surface area contributed by atoms with Gasteiger partial charge in [-0.05, 0) is 62.0 Å². The number of aromatic nitrogens is 3. The van der Waals surface area contributed by atoms with Gasteiger partial charge in [0, 0.05) is 35.1 Å². The van der Waals surface area contributed by atoms with Gasteiger partial charge in [0.15, 0.2) is 0 Å².